The van der Waals surface area contributed by atoms with E-state index in [-0.39, 0.29) is 23.7 Å². The molecule has 3 rings (SSSR count). The normalized spacial score (nSPS) is 22.1. The lowest BCUT2D eigenvalue weighted by Gasteiger charge is -2.12. The summed E-state index contributed by atoms with van der Waals surface area (Å²) in [5, 5.41) is 6.32. The van der Waals surface area contributed by atoms with Crippen molar-refractivity contribution in [3.05, 3.63) is 4.88 Å². The predicted molar refractivity (Wildman–Crippen MR) is 76.9 cm³/mol. The highest BCUT2D eigenvalue weighted by atomic mass is 32.1. The van der Waals surface area contributed by atoms with Gasteiger partial charge in [-0.15, -0.1) is 0 Å². The Kier molecular flexibility index (Phi) is 3.47. The molecule has 4 N–H and O–H groups in total. The van der Waals surface area contributed by atoms with Crippen LogP contribution in [0, 0.1) is 0 Å². The van der Waals surface area contributed by atoms with Crippen LogP contribution in [0.5, 0.6) is 0 Å². The van der Waals surface area contributed by atoms with Crippen LogP contribution in [-0.4, -0.2) is 42.5 Å². The summed E-state index contributed by atoms with van der Waals surface area (Å²) < 4.78 is 0. The van der Waals surface area contributed by atoms with Gasteiger partial charge in [0, 0.05) is 26.1 Å². The van der Waals surface area contributed by atoms with Crippen molar-refractivity contribution in [1.82, 2.24) is 15.6 Å². The minimum absolute atomic E-state index is 0.0367. The van der Waals surface area contributed by atoms with Gasteiger partial charge in [0.2, 0.25) is 5.91 Å². The molecule has 108 valence electrons. The molecule has 8 heteroatoms. The van der Waals surface area contributed by atoms with E-state index in [1.807, 2.05) is 0 Å². The van der Waals surface area contributed by atoms with Crippen LogP contribution in [0.3, 0.4) is 0 Å². The third kappa shape index (κ3) is 2.55. The van der Waals surface area contributed by atoms with Gasteiger partial charge in [-0.1, -0.05) is 11.3 Å². The lowest BCUT2D eigenvalue weighted by Crippen LogP contribution is -2.36. The fourth-order valence-corrected chi connectivity index (χ4v) is 3.42. The highest BCUT2D eigenvalue weighted by Crippen LogP contribution is 2.30. The summed E-state index contributed by atoms with van der Waals surface area (Å²) >= 11 is 1.32. The summed E-state index contributed by atoms with van der Waals surface area (Å²) in [5.41, 5.74) is 5.84. The number of nitrogens with one attached hydrogen (secondary N) is 2. The van der Waals surface area contributed by atoms with Gasteiger partial charge < -0.3 is 21.3 Å². The van der Waals surface area contributed by atoms with E-state index in [9.17, 15) is 9.59 Å². The topological polar surface area (TPSA) is 100 Å². The monoisotopic (exact) mass is 295 g/mol. The Labute approximate surface area is 120 Å². The quantitative estimate of drug-likeness (QED) is 0.725. The molecule has 0 spiro atoms. The number of hydrogen-bond acceptors (Lipinski definition) is 6. The number of nitrogen functional groups attached to an aromatic ring is 1. The van der Waals surface area contributed by atoms with Crippen molar-refractivity contribution in [1.29, 1.82) is 0 Å². The van der Waals surface area contributed by atoms with Crippen molar-refractivity contribution in [2.24, 2.45) is 0 Å². The maximum absolute atomic E-state index is 12.2. The maximum Gasteiger partial charge on any atom is 0.265 e. The first-order chi connectivity index (χ1) is 9.63. The second kappa shape index (κ2) is 5.28. The molecule has 0 aromatic carbocycles. The number of amides is 2. The summed E-state index contributed by atoms with van der Waals surface area (Å²) in [7, 11) is 0. The van der Waals surface area contributed by atoms with Gasteiger partial charge in [-0.05, 0) is 12.8 Å². The van der Waals surface area contributed by atoms with Crippen molar-refractivity contribution in [3.63, 3.8) is 0 Å². The van der Waals surface area contributed by atoms with E-state index in [1.165, 1.54) is 11.3 Å². The highest BCUT2D eigenvalue weighted by molar-refractivity contribution is 7.18. The van der Waals surface area contributed by atoms with Crippen LogP contribution in [-0.2, 0) is 4.79 Å². The Morgan fingerprint density at radius 2 is 2.20 bits per heavy atom. The average molecular weight is 295 g/mol. The second-order valence-corrected chi connectivity index (χ2v) is 6.06. The highest BCUT2D eigenvalue weighted by Gasteiger charge is 2.26. The molecule has 7 nitrogen and oxygen atoms in total. The van der Waals surface area contributed by atoms with Gasteiger partial charge >= 0.3 is 0 Å². The van der Waals surface area contributed by atoms with Gasteiger partial charge in [0.25, 0.3) is 5.91 Å². The van der Waals surface area contributed by atoms with Crippen molar-refractivity contribution in [2.45, 2.75) is 25.3 Å². The molecule has 0 saturated carbocycles. The van der Waals surface area contributed by atoms with Crippen LogP contribution in [0.4, 0.5) is 10.9 Å². The second-order valence-electron chi connectivity index (χ2n) is 5.08. The Morgan fingerprint density at radius 1 is 1.45 bits per heavy atom. The van der Waals surface area contributed by atoms with Gasteiger partial charge in [0.1, 0.15) is 10.7 Å². The molecule has 2 saturated heterocycles. The minimum Gasteiger partial charge on any atom is -0.382 e. The van der Waals surface area contributed by atoms with E-state index in [2.05, 4.69) is 20.5 Å². The summed E-state index contributed by atoms with van der Waals surface area (Å²) in [6, 6.07) is -0.160. The summed E-state index contributed by atoms with van der Waals surface area (Å²) in [5.74, 6) is -0.0102. The van der Waals surface area contributed by atoms with Gasteiger partial charge in [-0.3, -0.25) is 9.59 Å². The van der Waals surface area contributed by atoms with E-state index in [0.29, 0.717) is 17.8 Å². The third-order valence-electron chi connectivity index (χ3n) is 3.54. The van der Waals surface area contributed by atoms with E-state index in [1.54, 1.807) is 0 Å². The third-order valence-corrected chi connectivity index (χ3v) is 4.67. The Bertz CT molecular complexity index is 538. The maximum atomic E-state index is 12.2. The Hall–Kier alpha value is -1.83. The van der Waals surface area contributed by atoms with Gasteiger partial charge in [0.05, 0.1) is 6.04 Å². The van der Waals surface area contributed by atoms with Crippen molar-refractivity contribution in [3.8, 4) is 0 Å². The molecule has 2 amide bonds. The first kappa shape index (κ1) is 13.2. The fourth-order valence-electron chi connectivity index (χ4n) is 2.48. The zero-order valence-corrected chi connectivity index (χ0v) is 11.8. The molecule has 0 aliphatic carbocycles. The molecule has 0 bridgehead atoms. The zero-order valence-electron chi connectivity index (χ0n) is 11.0. The summed E-state index contributed by atoms with van der Waals surface area (Å²) in [4.78, 5) is 30.2. The van der Waals surface area contributed by atoms with E-state index in [4.69, 9.17) is 5.73 Å². The first-order valence-corrected chi connectivity index (χ1v) is 7.54. The van der Waals surface area contributed by atoms with Gasteiger partial charge in [-0.2, -0.15) is 0 Å². The molecule has 20 heavy (non-hydrogen) atoms. The smallest absolute Gasteiger partial charge is 0.265 e. The van der Waals surface area contributed by atoms with Gasteiger partial charge in [0.15, 0.2) is 5.13 Å². The summed E-state index contributed by atoms with van der Waals surface area (Å²) in [6.45, 7) is 2.41. The molecule has 0 radical (unpaired) electrons. The van der Waals surface area contributed by atoms with Crippen molar-refractivity contribution in [2.75, 3.05) is 30.3 Å². The molecule has 3 heterocycles. The predicted octanol–water partition coefficient (Wildman–Crippen LogP) is -0.0562. The summed E-state index contributed by atoms with van der Waals surface area (Å²) in [6.07, 6.45) is 2.62. The van der Waals surface area contributed by atoms with Crippen LogP contribution in [0.25, 0.3) is 0 Å². The molecule has 2 aliphatic heterocycles. The molecular formula is C12H17N5O2S. The van der Waals surface area contributed by atoms with Crippen LogP contribution < -0.4 is 21.3 Å². The van der Waals surface area contributed by atoms with Crippen LogP contribution >= 0.6 is 11.3 Å². The minimum atomic E-state index is -0.244. The number of anilines is 2. The molecule has 2 aliphatic rings. The number of rotatable bonds is 3. The Balaban J connectivity index is 1.69. The Morgan fingerprint density at radius 3 is 2.85 bits per heavy atom. The zero-order chi connectivity index (χ0) is 14.1. The molecule has 1 atom stereocenters. The molecule has 1 aromatic rings. The first-order valence-electron chi connectivity index (χ1n) is 6.72. The lowest BCUT2D eigenvalue weighted by molar-refractivity contribution is -0.119. The molecular weight excluding hydrogens is 278 g/mol. The van der Waals surface area contributed by atoms with Crippen LogP contribution in [0.1, 0.15) is 28.9 Å². The molecule has 1 unspecified atom stereocenters. The molecule has 1 aromatic heterocycles. The molecule has 2 fully saturated rings. The van der Waals surface area contributed by atoms with Gasteiger partial charge in [-0.25, -0.2) is 4.98 Å². The van der Waals surface area contributed by atoms with E-state index in [0.717, 1.165) is 31.1 Å². The lowest BCUT2D eigenvalue weighted by atomic mass is 10.2. The van der Waals surface area contributed by atoms with Crippen molar-refractivity contribution < 1.29 is 9.59 Å². The number of thiazole rings is 1. The van der Waals surface area contributed by atoms with E-state index >= 15 is 0 Å². The number of nitrogens with zero attached hydrogens (tertiary/aromatic N) is 2. The largest absolute Gasteiger partial charge is 0.382 e. The SMILES string of the molecule is Nc1nc(N2CCCC2)sc1C(=O)NC1CNC(=O)C1. The number of carbonyl (C=O) groups excluding carboxylic acids is 2. The van der Waals surface area contributed by atoms with Crippen LogP contribution in [0.15, 0.2) is 0 Å². The fraction of sp³-hybridized carbons (Fsp3) is 0.583. The number of hydrogen-bond donors (Lipinski definition) is 3. The number of carbonyl (C=O) groups is 2. The van der Waals surface area contributed by atoms with E-state index < -0.39 is 0 Å². The standard InChI is InChI=1S/C12H17N5O2S/c13-10-9(11(19)15-7-5-8(18)14-6-7)20-12(16-10)17-3-1-2-4-17/h7H,1-6,13H2,(H,14,18)(H,15,19). The van der Waals surface area contributed by atoms with Crippen LogP contribution in [0.2, 0.25) is 0 Å². The average Bonchev–Trinajstić information content (AvgIpc) is 3.09. The van der Waals surface area contributed by atoms with Crippen molar-refractivity contribution >= 4 is 34.1 Å². The number of nitrogens with two attached hydrogens (primary N) is 1. The number of aromatic nitrogens is 1.